The van der Waals surface area contributed by atoms with Crippen molar-refractivity contribution in [2.75, 3.05) is 13.7 Å². The summed E-state index contributed by atoms with van der Waals surface area (Å²) in [5, 5.41) is 22.5. The van der Waals surface area contributed by atoms with Gasteiger partial charge in [-0.1, -0.05) is 12.1 Å². The molecule has 5 nitrogen and oxygen atoms in total. The van der Waals surface area contributed by atoms with E-state index in [1.165, 1.54) is 31.4 Å². The number of carbonyl (C=O) groups excluding carboxylic acids is 1. The quantitative estimate of drug-likeness (QED) is 0.790. The van der Waals surface area contributed by atoms with Crippen LogP contribution < -0.4 is 10.1 Å². The van der Waals surface area contributed by atoms with Crippen molar-refractivity contribution in [3.63, 3.8) is 0 Å². The summed E-state index contributed by atoms with van der Waals surface area (Å²) in [6.45, 7) is 1.65. The Bertz CT molecular complexity index is 718. The molecule has 1 atom stereocenters. The maximum absolute atomic E-state index is 13.1. The fraction of sp³-hybridized carbons (Fsp3) is 0.235. The number of benzene rings is 2. The Labute approximate surface area is 133 Å². The van der Waals surface area contributed by atoms with Gasteiger partial charge in [-0.25, -0.2) is 4.39 Å². The second-order valence-electron chi connectivity index (χ2n) is 5.14. The van der Waals surface area contributed by atoms with Gasteiger partial charge >= 0.3 is 0 Å². The number of aliphatic hydroxyl groups excluding tert-OH is 1. The first kappa shape index (κ1) is 16.8. The Morgan fingerprint density at radius 2 is 2.09 bits per heavy atom. The highest BCUT2D eigenvalue weighted by atomic mass is 19.1. The third kappa shape index (κ3) is 3.98. The average Bonchev–Trinajstić information content (AvgIpc) is 2.54. The number of rotatable bonds is 5. The highest BCUT2D eigenvalue weighted by Gasteiger charge is 2.17. The summed E-state index contributed by atoms with van der Waals surface area (Å²) < 4.78 is 18.1. The third-order valence-corrected chi connectivity index (χ3v) is 3.37. The lowest BCUT2D eigenvalue weighted by Crippen LogP contribution is -2.28. The van der Waals surface area contributed by atoms with Crippen molar-refractivity contribution < 1.29 is 24.1 Å². The molecule has 0 spiro atoms. The highest BCUT2D eigenvalue weighted by molar-refractivity contribution is 5.97. The van der Waals surface area contributed by atoms with E-state index in [4.69, 9.17) is 4.74 Å². The van der Waals surface area contributed by atoms with Crippen molar-refractivity contribution in [2.24, 2.45) is 0 Å². The van der Waals surface area contributed by atoms with Gasteiger partial charge in [0.25, 0.3) is 5.91 Å². The van der Waals surface area contributed by atoms with E-state index >= 15 is 0 Å². The summed E-state index contributed by atoms with van der Waals surface area (Å²) in [7, 11) is 1.39. The molecule has 0 bridgehead atoms. The number of hydrogen-bond acceptors (Lipinski definition) is 4. The van der Waals surface area contributed by atoms with E-state index in [-0.39, 0.29) is 23.6 Å². The molecule has 0 aliphatic heterocycles. The van der Waals surface area contributed by atoms with Crippen molar-refractivity contribution in [3.05, 3.63) is 58.9 Å². The molecule has 2 rings (SSSR count). The summed E-state index contributed by atoms with van der Waals surface area (Å²) in [6, 6.07) is 8.63. The van der Waals surface area contributed by atoms with Gasteiger partial charge < -0.3 is 20.3 Å². The first-order chi connectivity index (χ1) is 10.9. The number of aromatic hydroxyl groups is 1. The molecule has 6 heteroatoms. The van der Waals surface area contributed by atoms with Gasteiger partial charge in [-0.15, -0.1) is 0 Å². The molecule has 0 aromatic heterocycles. The number of aryl methyl sites for hydroxylation is 1. The zero-order chi connectivity index (χ0) is 17.0. The van der Waals surface area contributed by atoms with Gasteiger partial charge in [-0.05, 0) is 42.3 Å². The fourth-order valence-electron chi connectivity index (χ4n) is 2.19. The Morgan fingerprint density at radius 3 is 2.74 bits per heavy atom. The summed E-state index contributed by atoms with van der Waals surface area (Å²) in [4.78, 5) is 12.2. The molecule has 122 valence electrons. The van der Waals surface area contributed by atoms with Gasteiger partial charge in [0, 0.05) is 6.54 Å². The van der Waals surface area contributed by atoms with Crippen molar-refractivity contribution in [1.29, 1.82) is 0 Å². The predicted octanol–water partition coefficient (Wildman–Crippen LogP) is 2.31. The number of methoxy groups -OCH3 is 1. The predicted molar refractivity (Wildman–Crippen MR) is 83.1 cm³/mol. The summed E-state index contributed by atoms with van der Waals surface area (Å²) in [5.41, 5.74) is 1.15. The lowest BCUT2D eigenvalue weighted by molar-refractivity contribution is 0.0913. The van der Waals surface area contributed by atoms with E-state index in [1.807, 2.05) is 0 Å². The van der Waals surface area contributed by atoms with Crippen LogP contribution >= 0.6 is 0 Å². The summed E-state index contributed by atoms with van der Waals surface area (Å²) in [5.74, 6) is -1.09. The molecule has 3 N–H and O–H groups in total. The maximum atomic E-state index is 13.1. The topological polar surface area (TPSA) is 78.8 Å². The molecule has 1 unspecified atom stereocenters. The van der Waals surface area contributed by atoms with Crippen LogP contribution in [0.25, 0.3) is 0 Å². The van der Waals surface area contributed by atoms with Gasteiger partial charge in [0.2, 0.25) is 0 Å². The lowest BCUT2D eigenvalue weighted by atomic mass is 10.1. The normalized spacial score (nSPS) is 11.8. The first-order valence-corrected chi connectivity index (χ1v) is 7.01. The summed E-state index contributed by atoms with van der Waals surface area (Å²) >= 11 is 0. The van der Waals surface area contributed by atoms with Crippen LogP contribution in [0.1, 0.15) is 27.6 Å². The Morgan fingerprint density at radius 1 is 1.35 bits per heavy atom. The van der Waals surface area contributed by atoms with Crippen LogP contribution in [0, 0.1) is 12.7 Å². The van der Waals surface area contributed by atoms with Gasteiger partial charge in [0.15, 0.2) is 11.5 Å². The minimum atomic E-state index is -1.05. The Kier molecular flexibility index (Phi) is 5.18. The average molecular weight is 319 g/mol. The van der Waals surface area contributed by atoms with E-state index in [2.05, 4.69) is 5.32 Å². The van der Waals surface area contributed by atoms with Crippen LogP contribution in [0.5, 0.6) is 11.5 Å². The van der Waals surface area contributed by atoms with Crippen molar-refractivity contribution in [2.45, 2.75) is 13.0 Å². The van der Waals surface area contributed by atoms with Crippen LogP contribution in [-0.2, 0) is 0 Å². The third-order valence-electron chi connectivity index (χ3n) is 3.37. The van der Waals surface area contributed by atoms with E-state index in [0.29, 0.717) is 5.56 Å². The Hall–Kier alpha value is -2.60. The lowest BCUT2D eigenvalue weighted by Gasteiger charge is -2.14. The number of halogens is 1. The number of hydrogen-bond donors (Lipinski definition) is 3. The second kappa shape index (κ2) is 7.11. The molecule has 0 aliphatic carbocycles. The van der Waals surface area contributed by atoms with E-state index in [9.17, 15) is 19.4 Å². The molecule has 23 heavy (non-hydrogen) atoms. The van der Waals surface area contributed by atoms with Crippen LogP contribution in [0.4, 0.5) is 4.39 Å². The number of carbonyl (C=O) groups is 1. The SMILES string of the molecule is COc1cc(C)cc(C(=O)NCC(O)c2cccc(F)c2)c1O. The number of ether oxygens (including phenoxy) is 1. The van der Waals surface area contributed by atoms with Gasteiger partial charge in [0.1, 0.15) is 5.82 Å². The highest BCUT2D eigenvalue weighted by Crippen LogP contribution is 2.31. The van der Waals surface area contributed by atoms with Crippen LogP contribution in [0.2, 0.25) is 0 Å². The fourth-order valence-corrected chi connectivity index (χ4v) is 2.19. The number of phenols is 1. The molecule has 1 amide bonds. The molecule has 0 aliphatic rings. The van der Waals surface area contributed by atoms with Crippen molar-refractivity contribution >= 4 is 5.91 Å². The standard InChI is InChI=1S/C17H18FNO4/c1-10-6-13(16(21)15(7-10)23-2)17(22)19-9-14(20)11-4-3-5-12(18)8-11/h3-8,14,20-21H,9H2,1-2H3,(H,19,22). The largest absolute Gasteiger partial charge is 0.504 e. The van der Waals surface area contributed by atoms with E-state index in [0.717, 1.165) is 5.56 Å². The van der Waals surface area contributed by atoms with Crippen LogP contribution in [0.15, 0.2) is 36.4 Å². The monoisotopic (exact) mass is 319 g/mol. The van der Waals surface area contributed by atoms with E-state index < -0.39 is 17.8 Å². The minimum Gasteiger partial charge on any atom is -0.504 e. The number of amides is 1. The van der Waals surface area contributed by atoms with Crippen LogP contribution in [0.3, 0.4) is 0 Å². The zero-order valence-corrected chi connectivity index (χ0v) is 12.8. The molecular formula is C17H18FNO4. The number of nitrogens with one attached hydrogen (secondary N) is 1. The maximum Gasteiger partial charge on any atom is 0.255 e. The molecular weight excluding hydrogens is 301 g/mol. The summed E-state index contributed by atoms with van der Waals surface area (Å²) in [6.07, 6.45) is -1.05. The Balaban J connectivity index is 2.09. The molecule has 0 fully saturated rings. The number of aliphatic hydroxyl groups is 1. The smallest absolute Gasteiger partial charge is 0.255 e. The molecule has 2 aromatic rings. The van der Waals surface area contributed by atoms with Gasteiger partial charge in [-0.2, -0.15) is 0 Å². The molecule has 0 radical (unpaired) electrons. The molecule has 0 heterocycles. The zero-order valence-electron chi connectivity index (χ0n) is 12.8. The second-order valence-corrected chi connectivity index (χ2v) is 5.14. The van der Waals surface area contributed by atoms with Gasteiger partial charge in [0.05, 0.1) is 18.8 Å². The van der Waals surface area contributed by atoms with E-state index in [1.54, 1.807) is 19.1 Å². The molecule has 0 saturated carbocycles. The molecule has 0 saturated heterocycles. The van der Waals surface area contributed by atoms with Gasteiger partial charge in [-0.3, -0.25) is 4.79 Å². The van der Waals surface area contributed by atoms with Crippen LogP contribution in [-0.4, -0.2) is 29.8 Å². The first-order valence-electron chi connectivity index (χ1n) is 7.01. The van der Waals surface area contributed by atoms with Crippen molar-refractivity contribution in [3.8, 4) is 11.5 Å². The molecule has 2 aromatic carbocycles. The minimum absolute atomic E-state index is 0.0493. The van der Waals surface area contributed by atoms with Crippen molar-refractivity contribution in [1.82, 2.24) is 5.32 Å². The number of phenolic OH excluding ortho intramolecular Hbond substituents is 1.